The Morgan fingerprint density at radius 2 is 1.71 bits per heavy atom. The summed E-state index contributed by atoms with van der Waals surface area (Å²) < 4.78 is 12.5. The topological polar surface area (TPSA) is 76.9 Å². The number of likely N-dealkylation sites (tertiary alicyclic amines) is 1. The fraction of sp³-hybridized carbons (Fsp3) is 0.593. The molecule has 1 aliphatic heterocycles. The second-order valence-corrected chi connectivity index (χ2v) is 11.6. The largest absolute Gasteiger partial charge is 0.444 e. The molecule has 0 saturated carbocycles. The smallest absolute Gasteiger partial charge is 0.435 e. The van der Waals surface area contributed by atoms with Gasteiger partial charge in [-0.1, -0.05) is 18.2 Å². The second-order valence-electron chi connectivity index (χ2n) is 11.6. The minimum Gasteiger partial charge on any atom is -0.444 e. The number of carbonyl (C=O) groups excluding carboxylic acids is 2. The van der Waals surface area contributed by atoms with Crippen molar-refractivity contribution in [1.82, 2.24) is 19.6 Å². The second kappa shape index (κ2) is 10.4. The van der Waals surface area contributed by atoms with Crippen LogP contribution in [0.5, 0.6) is 0 Å². The van der Waals surface area contributed by atoms with Crippen molar-refractivity contribution >= 4 is 12.2 Å². The van der Waals surface area contributed by atoms with Crippen molar-refractivity contribution in [2.24, 2.45) is 0 Å². The van der Waals surface area contributed by atoms with E-state index in [4.69, 9.17) is 14.6 Å². The van der Waals surface area contributed by atoms with Gasteiger partial charge in [0.1, 0.15) is 11.2 Å². The molecule has 0 aliphatic carbocycles. The molecule has 2 aromatic rings. The van der Waals surface area contributed by atoms with Gasteiger partial charge >= 0.3 is 12.2 Å². The van der Waals surface area contributed by atoms with Crippen LogP contribution < -0.4 is 0 Å². The molecule has 0 unspecified atom stereocenters. The maximum Gasteiger partial charge on any atom is 0.435 e. The first-order chi connectivity index (χ1) is 16.2. The van der Waals surface area contributed by atoms with E-state index in [9.17, 15) is 9.59 Å². The summed E-state index contributed by atoms with van der Waals surface area (Å²) >= 11 is 0. The molecule has 1 saturated heterocycles. The third-order valence-electron chi connectivity index (χ3n) is 5.52. The molecule has 8 nitrogen and oxygen atoms in total. The van der Waals surface area contributed by atoms with Gasteiger partial charge in [-0.2, -0.15) is 9.78 Å². The lowest BCUT2D eigenvalue weighted by molar-refractivity contribution is 0.0196. The zero-order valence-electron chi connectivity index (χ0n) is 22.4. The number of carbonyl (C=O) groups is 2. The molecule has 1 aromatic carbocycles. The summed E-state index contributed by atoms with van der Waals surface area (Å²) in [6.45, 7) is 13.0. The maximum absolute atomic E-state index is 12.9. The lowest BCUT2D eigenvalue weighted by Crippen LogP contribution is -2.42. The highest BCUT2D eigenvalue weighted by Gasteiger charge is 2.32. The van der Waals surface area contributed by atoms with E-state index in [0.29, 0.717) is 13.1 Å². The summed E-state index contributed by atoms with van der Waals surface area (Å²) in [4.78, 5) is 29.5. The number of amides is 1. The summed E-state index contributed by atoms with van der Waals surface area (Å²) in [6.07, 6.45) is 2.63. The highest BCUT2D eigenvalue weighted by atomic mass is 16.6. The Morgan fingerprint density at radius 3 is 2.34 bits per heavy atom. The van der Waals surface area contributed by atoms with E-state index in [-0.39, 0.29) is 12.0 Å². The van der Waals surface area contributed by atoms with Gasteiger partial charge in [0.05, 0.1) is 5.69 Å². The molecule has 2 heterocycles. The summed E-state index contributed by atoms with van der Waals surface area (Å²) in [5, 5.41) is 4.71. The predicted octanol–water partition coefficient (Wildman–Crippen LogP) is 5.51. The van der Waals surface area contributed by atoms with Crippen LogP contribution in [-0.2, 0) is 16.0 Å². The van der Waals surface area contributed by atoms with Crippen molar-refractivity contribution in [3.8, 4) is 11.1 Å². The summed E-state index contributed by atoms with van der Waals surface area (Å²) in [6, 6.07) is 8.28. The zero-order valence-corrected chi connectivity index (χ0v) is 22.4. The lowest BCUT2D eigenvalue weighted by atomic mass is 9.90. The normalized spacial score (nSPS) is 16.9. The Bertz CT molecular complexity index is 1050. The van der Waals surface area contributed by atoms with Crippen molar-refractivity contribution in [3.63, 3.8) is 0 Å². The van der Waals surface area contributed by atoms with Crippen LogP contribution >= 0.6 is 0 Å². The SMILES string of the molecule is CN(C)Cc1cccc(-c2cn(C(=O)OC(C)(C)C)nc2[C@H]2CCCN(C(=O)OC(C)(C)C)C2)c1. The van der Waals surface area contributed by atoms with Crippen LogP contribution in [0.2, 0.25) is 0 Å². The molecule has 1 atom stereocenters. The van der Waals surface area contributed by atoms with Crippen molar-refractivity contribution in [1.29, 1.82) is 0 Å². The molecule has 35 heavy (non-hydrogen) atoms. The first-order valence-corrected chi connectivity index (χ1v) is 12.3. The average Bonchev–Trinajstić information content (AvgIpc) is 3.17. The zero-order chi connectivity index (χ0) is 26.0. The first kappa shape index (κ1) is 26.7. The van der Waals surface area contributed by atoms with Gasteiger partial charge in [0.2, 0.25) is 0 Å². The van der Waals surface area contributed by atoms with Gasteiger partial charge in [-0.05, 0) is 85.7 Å². The number of hydrogen-bond acceptors (Lipinski definition) is 6. The van der Waals surface area contributed by atoms with E-state index in [1.165, 1.54) is 10.2 Å². The number of aromatic nitrogens is 2. The Labute approximate surface area is 209 Å². The molecule has 8 heteroatoms. The number of hydrogen-bond donors (Lipinski definition) is 0. The van der Waals surface area contributed by atoms with Crippen molar-refractivity contribution < 1.29 is 19.1 Å². The highest BCUT2D eigenvalue weighted by Crippen LogP contribution is 2.35. The fourth-order valence-electron chi connectivity index (χ4n) is 4.21. The van der Waals surface area contributed by atoms with Gasteiger partial charge in [-0.3, -0.25) is 0 Å². The van der Waals surface area contributed by atoms with Gasteiger partial charge in [-0.25, -0.2) is 9.59 Å². The first-order valence-electron chi connectivity index (χ1n) is 12.3. The molecule has 0 spiro atoms. The average molecular weight is 485 g/mol. The van der Waals surface area contributed by atoms with Gasteiger partial charge in [0, 0.05) is 37.3 Å². The molecule has 0 radical (unpaired) electrons. The van der Waals surface area contributed by atoms with E-state index < -0.39 is 17.3 Å². The Kier molecular flexibility index (Phi) is 7.94. The summed E-state index contributed by atoms with van der Waals surface area (Å²) in [5.41, 5.74) is 2.65. The number of benzene rings is 1. The Morgan fingerprint density at radius 1 is 1.06 bits per heavy atom. The van der Waals surface area contributed by atoms with Crippen LogP contribution in [0.25, 0.3) is 11.1 Å². The summed E-state index contributed by atoms with van der Waals surface area (Å²) in [7, 11) is 4.07. The minimum absolute atomic E-state index is 0.0209. The van der Waals surface area contributed by atoms with Crippen molar-refractivity contribution in [2.45, 2.75) is 78.0 Å². The van der Waals surface area contributed by atoms with Gasteiger partial charge in [-0.15, -0.1) is 0 Å². The standard InChI is InChI=1S/C27H40N4O4/c1-26(2,3)34-24(32)30-14-10-13-21(17-30)23-22(18-31(28-23)25(33)35-27(4,5)6)20-12-9-11-19(15-20)16-29(7)8/h9,11-12,15,18,21H,10,13-14,16-17H2,1-8H3/t21-/m0/s1. The van der Waals surface area contributed by atoms with E-state index in [1.54, 1.807) is 11.1 Å². The van der Waals surface area contributed by atoms with Gasteiger partial charge < -0.3 is 19.3 Å². The lowest BCUT2D eigenvalue weighted by Gasteiger charge is -2.33. The van der Waals surface area contributed by atoms with Crippen LogP contribution in [0.4, 0.5) is 9.59 Å². The van der Waals surface area contributed by atoms with E-state index in [2.05, 4.69) is 17.0 Å². The molecule has 1 aliphatic rings. The number of piperidine rings is 1. The molecule has 0 N–H and O–H groups in total. The monoisotopic (exact) mass is 484 g/mol. The van der Waals surface area contributed by atoms with Crippen LogP contribution in [0.15, 0.2) is 30.5 Å². The third-order valence-corrected chi connectivity index (χ3v) is 5.52. The van der Waals surface area contributed by atoms with Crippen molar-refractivity contribution in [3.05, 3.63) is 41.7 Å². The van der Waals surface area contributed by atoms with Gasteiger partial charge in [0.15, 0.2) is 0 Å². The molecular weight excluding hydrogens is 444 g/mol. The molecule has 192 valence electrons. The van der Waals surface area contributed by atoms with Crippen LogP contribution in [0.3, 0.4) is 0 Å². The molecule has 0 bridgehead atoms. The predicted molar refractivity (Wildman–Crippen MR) is 136 cm³/mol. The van der Waals surface area contributed by atoms with Crippen LogP contribution in [-0.4, -0.2) is 70.2 Å². The van der Waals surface area contributed by atoms with Gasteiger partial charge in [0.25, 0.3) is 0 Å². The number of rotatable bonds is 4. The molecule has 1 aromatic heterocycles. The van der Waals surface area contributed by atoms with Crippen molar-refractivity contribution in [2.75, 3.05) is 27.2 Å². The van der Waals surface area contributed by atoms with E-state index in [0.717, 1.165) is 36.2 Å². The maximum atomic E-state index is 12.9. The van der Waals surface area contributed by atoms with Crippen LogP contribution in [0, 0.1) is 0 Å². The van der Waals surface area contributed by atoms with Crippen LogP contribution in [0.1, 0.15) is 71.6 Å². The third kappa shape index (κ3) is 7.56. The van der Waals surface area contributed by atoms with E-state index in [1.807, 2.05) is 67.8 Å². The molecular formula is C27H40N4O4. The molecule has 1 fully saturated rings. The quantitative estimate of drug-likeness (QED) is 0.570. The number of nitrogens with zero attached hydrogens (tertiary/aromatic N) is 4. The summed E-state index contributed by atoms with van der Waals surface area (Å²) in [5.74, 6) is -0.0209. The highest BCUT2D eigenvalue weighted by molar-refractivity contribution is 5.75. The Hall–Kier alpha value is -2.87. The molecule has 3 rings (SSSR count). The minimum atomic E-state index is -0.632. The Balaban J connectivity index is 1.97. The fourth-order valence-corrected chi connectivity index (χ4v) is 4.21. The van der Waals surface area contributed by atoms with E-state index >= 15 is 0 Å². The molecule has 1 amide bonds. The number of ether oxygens (including phenoxy) is 2.